The molecule has 0 aromatic carbocycles. The van der Waals surface area contributed by atoms with Gasteiger partial charge in [-0.25, -0.2) is 0 Å². The van der Waals surface area contributed by atoms with Crippen molar-refractivity contribution in [3.63, 3.8) is 0 Å². The average Bonchev–Trinajstić information content (AvgIpc) is 2.65. The highest BCUT2D eigenvalue weighted by atomic mass is 16.3. The average molecular weight is 209 g/mol. The fraction of sp³-hybridized carbons (Fsp3) is 0.583. The van der Waals surface area contributed by atoms with Gasteiger partial charge in [-0.1, -0.05) is 20.8 Å². The number of rotatable bonds is 4. The SMILES string of the molecule is CCc1ccc(C(=O)N[C@H](C)C(C)C)o1. The lowest BCUT2D eigenvalue weighted by atomic mass is 10.1. The molecule has 3 heteroatoms. The van der Waals surface area contributed by atoms with Gasteiger partial charge in [-0.05, 0) is 25.0 Å². The van der Waals surface area contributed by atoms with Crippen molar-refractivity contribution in [2.45, 2.75) is 40.2 Å². The third-order valence-corrected chi connectivity index (χ3v) is 2.59. The lowest BCUT2D eigenvalue weighted by Crippen LogP contribution is -2.35. The highest BCUT2D eigenvalue weighted by molar-refractivity contribution is 5.91. The molecule has 1 heterocycles. The van der Waals surface area contributed by atoms with Crippen LogP contribution in [0.5, 0.6) is 0 Å². The topological polar surface area (TPSA) is 42.2 Å². The van der Waals surface area contributed by atoms with Crippen LogP contribution in [0.4, 0.5) is 0 Å². The maximum Gasteiger partial charge on any atom is 0.287 e. The quantitative estimate of drug-likeness (QED) is 0.828. The molecular formula is C12H19NO2. The Kier molecular flexibility index (Phi) is 3.95. The van der Waals surface area contributed by atoms with Crippen molar-refractivity contribution in [3.05, 3.63) is 23.7 Å². The molecule has 1 aromatic heterocycles. The molecule has 0 unspecified atom stereocenters. The summed E-state index contributed by atoms with van der Waals surface area (Å²) in [5, 5.41) is 2.90. The van der Waals surface area contributed by atoms with E-state index in [1.165, 1.54) is 0 Å². The molecule has 1 rings (SSSR count). The Balaban J connectivity index is 2.61. The van der Waals surface area contributed by atoms with Gasteiger partial charge < -0.3 is 9.73 Å². The fourth-order valence-corrected chi connectivity index (χ4v) is 1.13. The third-order valence-electron chi connectivity index (χ3n) is 2.59. The van der Waals surface area contributed by atoms with Crippen molar-refractivity contribution in [1.82, 2.24) is 5.32 Å². The first-order valence-corrected chi connectivity index (χ1v) is 5.44. The van der Waals surface area contributed by atoms with E-state index in [2.05, 4.69) is 19.2 Å². The first-order chi connectivity index (χ1) is 7.04. The van der Waals surface area contributed by atoms with E-state index in [-0.39, 0.29) is 11.9 Å². The predicted octanol–water partition coefficient (Wildman–Crippen LogP) is 2.62. The summed E-state index contributed by atoms with van der Waals surface area (Å²) in [4.78, 5) is 11.7. The Labute approximate surface area is 90.9 Å². The van der Waals surface area contributed by atoms with E-state index in [4.69, 9.17) is 4.42 Å². The van der Waals surface area contributed by atoms with Gasteiger partial charge in [-0.2, -0.15) is 0 Å². The maximum atomic E-state index is 11.7. The van der Waals surface area contributed by atoms with Crippen molar-refractivity contribution in [1.29, 1.82) is 0 Å². The van der Waals surface area contributed by atoms with E-state index in [0.29, 0.717) is 11.7 Å². The van der Waals surface area contributed by atoms with Crippen LogP contribution in [0.15, 0.2) is 16.5 Å². The van der Waals surface area contributed by atoms with Crippen molar-refractivity contribution >= 4 is 5.91 Å². The summed E-state index contributed by atoms with van der Waals surface area (Å²) in [7, 11) is 0. The van der Waals surface area contributed by atoms with Gasteiger partial charge in [0.2, 0.25) is 0 Å². The molecule has 0 bridgehead atoms. The molecule has 3 nitrogen and oxygen atoms in total. The standard InChI is InChI=1S/C12H19NO2/c1-5-10-6-7-11(15-10)12(14)13-9(4)8(2)3/h6-9H,5H2,1-4H3,(H,13,14)/t9-/m1/s1. The Hall–Kier alpha value is -1.25. The van der Waals surface area contributed by atoms with E-state index in [9.17, 15) is 4.79 Å². The highest BCUT2D eigenvalue weighted by Gasteiger charge is 2.15. The maximum absolute atomic E-state index is 11.7. The second-order valence-electron chi connectivity index (χ2n) is 4.13. The molecule has 0 saturated carbocycles. The first-order valence-electron chi connectivity index (χ1n) is 5.44. The van der Waals surface area contributed by atoms with Crippen LogP contribution in [0.1, 0.15) is 44.0 Å². The van der Waals surface area contributed by atoms with Crippen molar-refractivity contribution in [2.75, 3.05) is 0 Å². The Morgan fingerprint density at radius 3 is 2.53 bits per heavy atom. The highest BCUT2D eigenvalue weighted by Crippen LogP contribution is 2.09. The van der Waals surface area contributed by atoms with Crippen molar-refractivity contribution in [2.24, 2.45) is 5.92 Å². The summed E-state index contributed by atoms with van der Waals surface area (Å²) in [5.74, 6) is 1.54. The van der Waals surface area contributed by atoms with Crippen molar-refractivity contribution < 1.29 is 9.21 Å². The largest absolute Gasteiger partial charge is 0.456 e. The molecule has 1 aromatic rings. The molecule has 0 aliphatic rings. The number of hydrogen-bond acceptors (Lipinski definition) is 2. The van der Waals surface area contributed by atoms with Gasteiger partial charge in [0.05, 0.1) is 0 Å². The lowest BCUT2D eigenvalue weighted by molar-refractivity contribution is 0.0900. The molecule has 0 aliphatic heterocycles. The molecule has 84 valence electrons. The number of furan rings is 1. The smallest absolute Gasteiger partial charge is 0.287 e. The minimum absolute atomic E-state index is 0.129. The summed E-state index contributed by atoms with van der Waals surface area (Å²) >= 11 is 0. The van der Waals surface area contributed by atoms with Crippen LogP contribution >= 0.6 is 0 Å². The summed E-state index contributed by atoms with van der Waals surface area (Å²) in [6, 6.07) is 3.73. The number of nitrogens with one attached hydrogen (secondary N) is 1. The lowest BCUT2D eigenvalue weighted by Gasteiger charge is -2.16. The van der Waals surface area contributed by atoms with Crippen LogP contribution in [0.3, 0.4) is 0 Å². The second kappa shape index (κ2) is 5.01. The third kappa shape index (κ3) is 3.11. The summed E-state index contributed by atoms with van der Waals surface area (Å²) in [6.45, 7) is 8.14. The molecule has 1 amide bonds. The fourth-order valence-electron chi connectivity index (χ4n) is 1.13. The van der Waals surface area contributed by atoms with Crippen LogP contribution in [0.25, 0.3) is 0 Å². The zero-order chi connectivity index (χ0) is 11.4. The Morgan fingerprint density at radius 1 is 1.40 bits per heavy atom. The number of carbonyl (C=O) groups excluding carboxylic acids is 1. The van der Waals surface area contributed by atoms with Gasteiger partial charge in [0, 0.05) is 12.5 Å². The van der Waals surface area contributed by atoms with Crippen LogP contribution < -0.4 is 5.32 Å². The predicted molar refractivity (Wildman–Crippen MR) is 59.9 cm³/mol. The first kappa shape index (κ1) is 11.8. The number of hydrogen-bond donors (Lipinski definition) is 1. The molecule has 0 fully saturated rings. The normalized spacial score (nSPS) is 12.9. The van der Waals surface area contributed by atoms with Gasteiger partial charge in [-0.3, -0.25) is 4.79 Å². The number of amides is 1. The van der Waals surface area contributed by atoms with E-state index >= 15 is 0 Å². The summed E-state index contributed by atoms with van der Waals surface area (Å²) in [5.41, 5.74) is 0. The van der Waals surface area contributed by atoms with Gasteiger partial charge in [0.15, 0.2) is 5.76 Å². The van der Waals surface area contributed by atoms with Gasteiger partial charge in [0.25, 0.3) is 5.91 Å². The summed E-state index contributed by atoms with van der Waals surface area (Å²) in [6.07, 6.45) is 0.813. The molecule has 0 radical (unpaired) electrons. The molecule has 1 N–H and O–H groups in total. The molecule has 0 aliphatic carbocycles. The van der Waals surface area contributed by atoms with Gasteiger partial charge in [0.1, 0.15) is 5.76 Å². The van der Waals surface area contributed by atoms with E-state index in [1.54, 1.807) is 6.07 Å². The van der Waals surface area contributed by atoms with Crippen molar-refractivity contribution in [3.8, 4) is 0 Å². The second-order valence-corrected chi connectivity index (χ2v) is 4.13. The van der Waals surface area contributed by atoms with E-state index < -0.39 is 0 Å². The van der Waals surface area contributed by atoms with Crippen LogP contribution in [0, 0.1) is 5.92 Å². The monoisotopic (exact) mass is 209 g/mol. The summed E-state index contributed by atoms with van der Waals surface area (Å²) < 4.78 is 5.36. The Morgan fingerprint density at radius 2 is 2.07 bits per heavy atom. The zero-order valence-electron chi connectivity index (χ0n) is 9.83. The number of carbonyl (C=O) groups is 1. The van der Waals surface area contributed by atoms with Crippen LogP contribution in [0.2, 0.25) is 0 Å². The van der Waals surface area contributed by atoms with Gasteiger partial charge in [-0.15, -0.1) is 0 Å². The minimum Gasteiger partial charge on any atom is -0.456 e. The van der Waals surface area contributed by atoms with Crippen LogP contribution in [-0.4, -0.2) is 11.9 Å². The molecular weight excluding hydrogens is 190 g/mol. The zero-order valence-corrected chi connectivity index (χ0v) is 9.83. The molecule has 0 spiro atoms. The van der Waals surface area contributed by atoms with Crippen LogP contribution in [-0.2, 0) is 6.42 Å². The molecule has 0 saturated heterocycles. The van der Waals surface area contributed by atoms with Gasteiger partial charge >= 0.3 is 0 Å². The molecule has 15 heavy (non-hydrogen) atoms. The Bertz CT molecular complexity index is 328. The van der Waals surface area contributed by atoms with E-state index in [0.717, 1.165) is 12.2 Å². The van der Waals surface area contributed by atoms with E-state index in [1.807, 2.05) is 19.9 Å². The number of aryl methyl sites for hydroxylation is 1. The molecule has 1 atom stereocenters. The minimum atomic E-state index is -0.129.